The van der Waals surface area contributed by atoms with Crippen molar-refractivity contribution in [2.75, 3.05) is 0 Å². The van der Waals surface area contributed by atoms with Crippen molar-refractivity contribution in [3.05, 3.63) is 157 Å². The van der Waals surface area contributed by atoms with Crippen LogP contribution in [0.4, 0.5) is 0 Å². The Labute approximate surface area is 251 Å². The van der Waals surface area contributed by atoms with E-state index < -0.39 is 0 Å². The van der Waals surface area contributed by atoms with Crippen LogP contribution in [-0.2, 0) is 5.41 Å². The number of benzene rings is 8. The van der Waals surface area contributed by atoms with E-state index in [9.17, 15) is 0 Å². The first-order chi connectivity index (χ1) is 21.1. The van der Waals surface area contributed by atoms with Crippen LogP contribution in [0.25, 0.3) is 76.5 Å². The van der Waals surface area contributed by atoms with Crippen LogP contribution >= 0.6 is 0 Å². The fraction of sp³-hybridized carbons (Fsp3) is 0.0698. The van der Waals surface area contributed by atoms with Crippen LogP contribution in [0, 0.1) is 0 Å². The Kier molecular flexibility index (Phi) is 5.05. The molecule has 0 atom stereocenters. The molecule has 8 aromatic carbocycles. The molecule has 0 heteroatoms. The molecule has 0 aliphatic heterocycles. The van der Waals surface area contributed by atoms with Gasteiger partial charge < -0.3 is 0 Å². The molecule has 0 saturated heterocycles. The lowest BCUT2D eigenvalue weighted by atomic mass is 9.68. The highest BCUT2D eigenvalue weighted by Crippen LogP contribution is 2.51. The molecule has 0 N–H and O–H groups in total. The normalized spacial score (nSPS) is 13.5. The van der Waals surface area contributed by atoms with E-state index in [0.717, 1.165) is 0 Å². The maximum atomic E-state index is 2.45. The van der Waals surface area contributed by atoms with Gasteiger partial charge in [-0.15, -0.1) is 0 Å². The minimum Gasteiger partial charge on any atom is -0.0622 e. The Balaban J connectivity index is 1.43. The molecule has 202 valence electrons. The molecule has 0 bridgehead atoms. The molecule has 0 unspecified atom stereocenters. The summed E-state index contributed by atoms with van der Waals surface area (Å²) in [5, 5.41) is 10.5. The van der Waals surface area contributed by atoms with Crippen molar-refractivity contribution in [2.24, 2.45) is 0 Å². The van der Waals surface area contributed by atoms with Gasteiger partial charge in [0.2, 0.25) is 0 Å². The summed E-state index contributed by atoms with van der Waals surface area (Å²) in [6.45, 7) is 4.75. The third-order valence-electron chi connectivity index (χ3n) is 9.86. The van der Waals surface area contributed by atoms with Gasteiger partial charge in [0.25, 0.3) is 0 Å². The van der Waals surface area contributed by atoms with E-state index in [0.29, 0.717) is 0 Å². The molecule has 9 rings (SSSR count). The smallest absolute Gasteiger partial charge is 0.0159 e. The summed E-state index contributed by atoms with van der Waals surface area (Å²) in [4.78, 5) is 0. The SMILES string of the molecule is CC1(C)c2ccccc2-c2cccc3c(-c4cccc5c(-c6ccccc6)c6ccc7ccccc7c6cc45)ccc1c23. The molecule has 0 saturated carbocycles. The Morgan fingerprint density at radius 1 is 0.372 bits per heavy atom. The van der Waals surface area contributed by atoms with Crippen LogP contribution in [0.1, 0.15) is 25.0 Å². The Hall–Kier alpha value is -5.20. The summed E-state index contributed by atoms with van der Waals surface area (Å²) < 4.78 is 0. The second-order valence-electron chi connectivity index (χ2n) is 12.5. The van der Waals surface area contributed by atoms with E-state index in [1.807, 2.05) is 0 Å². The second-order valence-corrected chi connectivity index (χ2v) is 12.5. The maximum absolute atomic E-state index is 2.45. The number of rotatable bonds is 2. The van der Waals surface area contributed by atoms with Crippen molar-refractivity contribution in [3.63, 3.8) is 0 Å². The van der Waals surface area contributed by atoms with Crippen LogP contribution in [0.2, 0.25) is 0 Å². The third kappa shape index (κ3) is 3.38. The van der Waals surface area contributed by atoms with E-state index >= 15 is 0 Å². The van der Waals surface area contributed by atoms with Gasteiger partial charge in [-0.2, -0.15) is 0 Å². The van der Waals surface area contributed by atoms with Gasteiger partial charge in [0, 0.05) is 5.41 Å². The van der Waals surface area contributed by atoms with E-state index in [1.54, 1.807) is 0 Å². The summed E-state index contributed by atoms with van der Waals surface area (Å²) in [5.41, 5.74) is 10.6. The molecule has 0 nitrogen and oxygen atoms in total. The van der Waals surface area contributed by atoms with Crippen molar-refractivity contribution in [3.8, 4) is 33.4 Å². The standard InChI is InChI=1S/C43H30/c1-43(2)39-21-9-8-16-32(39)34-19-11-18-33-31(24-25-40(43)42(33)34)30-17-10-20-35-38(30)26-37-29-15-7-6-12-27(29)22-23-36(37)41(35)28-13-4-3-5-14-28/h3-26H,1-2H3. The van der Waals surface area contributed by atoms with Crippen LogP contribution in [0.15, 0.2) is 146 Å². The molecular weight excluding hydrogens is 516 g/mol. The Morgan fingerprint density at radius 2 is 1.02 bits per heavy atom. The van der Waals surface area contributed by atoms with E-state index in [2.05, 4.69) is 159 Å². The molecular formula is C43H30. The first-order valence-corrected chi connectivity index (χ1v) is 15.2. The zero-order valence-corrected chi connectivity index (χ0v) is 24.4. The van der Waals surface area contributed by atoms with Gasteiger partial charge in [0.15, 0.2) is 0 Å². The lowest BCUT2D eigenvalue weighted by Crippen LogP contribution is -2.23. The lowest BCUT2D eigenvalue weighted by Gasteiger charge is -2.35. The highest BCUT2D eigenvalue weighted by atomic mass is 14.4. The summed E-state index contributed by atoms with van der Waals surface area (Å²) in [6.07, 6.45) is 0. The molecule has 1 aliphatic carbocycles. The molecule has 0 spiro atoms. The lowest BCUT2D eigenvalue weighted by molar-refractivity contribution is 0.645. The zero-order chi connectivity index (χ0) is 28.7. The topological polar surface area (TPSA) is 0 Å². The van der Waals surface area contributed by atoms with Gasteiger partial charge >= 0.3 is 0 Å². The number of fused-ring (bicyclic) bond motifs is 6. The predicted octanol–water partition coefficient (Wildman–Crippen LogP) is 11.9. The summed E-state index contributed by atoms with van der Waals surface area (Å²) in [7, 11) is 0. The van der Waals surface area contributed by atoms with Crippen LogP contribution in [0.3, 0.4) is 0 Å². The van der Waals surface area contributed by atoms with Crippen molar-refractivity contribution >= 4 is 43.1 Å². The van der Waals surface area contributed by atoms with Crippen LogP contribution in [0.5, 0.6) is 0 Å². The largest absolute Gasteiger partial charge is 0.0622 e. The fourth-order valence-electron chi connectivity index (χ4n) is 7.84. The van der Waals surface area contributed by atoms with Crippen molar-refractivity contribution < 1.29 is 0 Å². The maximum Gasteiger partial charge on any atom is 0.0159 e. The number of hydrogen-bond donors (Lipinski definition) is 0. The van der Waals surface area contributed by atoms with E-state index in [4.69, 9.17) is 0 Å². The molecule has 0 heterocycles. The second kappa shape index (κ2) is 8.90. The zero-order valence-electron chi connectivity index (χ0n) is 24.4. The quantitative estimate of drug-likeness (QED) is 0.149. The van der Waals surface area contributed by atoms with Gasteiger partial charge in [-0.1, -0.05) is 153 Å². The van der Waals surface area contributed by atoms with Gasteiger partial charge in [0.1, 0.15) is 0 Å². The van der Waals surface area contributed by atoms with Gasteiger partial charge in [0.05, 0.1) is 0 Å². The summed E-state index contributed by atoms with van der Waals surface area (Å²) in [5.74, 6) is 0. The molecule has 8 aromatic rings. The monoisotopic (exact) mass is 546 g/mol. The van der Waals surface area contributed by atoms with Crippen molar-refractivity contribution in [1.29, 1.82) is 0 Å². The minimum absolute atomic E-state index is 0.0733. The van der Waals surface area contributed by atoms with Gasteiger partial charge in [-0.25, -0.2) is 0 Å². The van der Waals surface area contributed by atoms with Crippen molar-refractivity contribution in [2.45, 2.75) is 19.3 Å². The molecule has 1 aliphatic rings. The molecule has 0 fully saturated rings. The molecule has 0 radical (unpaired) electrons. The van der Waals surface area contributed by atoms with Crippen LogP contribution in [-0.4, -0.2) is 0 Å². The Bertz CT molecular complexity index is 2410. The summed E-state index contributed by atoms with van der Waals surface area (Å²) >= 11 is 0. The predicted molar refractivity (Wildman–Crippen MR) is 185 cm³/mol. The average Bonchev–Trinajstić information content (AvgIpc) is 3.06. The van der Waals surface area contributed by atoms with Crippen molar-refractivity contribution in [1.82, 2.24) is 0 Å². The van der Waals surface area contributed by atoms with E-state index in [-0.39, 0.29) is 5.41 Å². The van der Waals surface area contributed by atoms with Gasteiger partial charge in [-0.05, 0) is 93.7 Å². The first-order valence-electron chi connectivity index (χ1n) is 15.2. The van der Waals surface area contributed by atoms with Gasteiger partial charge in [-0.3, -0.25) is 0 Å². The van der Waals surface area contributed by atoms with Crippen LogP contribution < -0.4 is 0 Å². The first kappa shape index (κ1) is 24.4. The highest BCUT2D eigenvalue weighted by molar-refractivity contribution is 6.23. The average molecular weight is 547 g/mol. The minimum atomic E-state index is -0.0733. The van der Waals surface area contributed by atoms with E-state index in [1.165, 1.54) is 87.6 Å². The summed E-state index contributed by atoms with van der Waals surface area (Å²) in [6, 6.07) is 54.2. The molecule has 43 heavy (non-hydrogen) atoms. The molecule has 0 aromatic heterocycles. The highest BCUT2D eigenvalue weighted by Gasteiger charge is 2.33. The number of hydrogen-bond acceptors (Lipinski definition) is 0. The molecule has 0 amide bonds. The fourth-order valence-corrected chi connectivity index (χ4v) is 7.84. The third-order valence-corrected chi connectivity index (χ3v) is 9.86. The Morgan fingerprint density at radius 3 is 1.91 bits per heavy atom.